The van der Waals surface area contributed by atoms with Crippen LogP contribution in [0, 0.1) is 0 Å². The van der Waals surface area contributed by atoms with Gasteiger partial charge in [-0.2, -0.15) is 13.2 Å². The second kappa shape index (κ2) is 8.02. The summed E-state index contributed by atoms with van der Waals surface area (Å²) in [5, 5.41) is 5.55. The quantitative estimate of drug-likeness (QED) is 0.730. The monoisotopic (exact) mass is 390 g/mol. The summed E-state index contributed by atoms with van der Waals surface area (Å²) in [6.45, 7) is 0.991. The molecule has 0 aromatic heterocycles. The lowest BCUT2D eigenvalue weighted by Crippen LogP contribution is -2.22. The summed E-state index contributed by atoms with van der Waals surface area (Å²) < 4.78 is 40.3. The Kier molecular flexibility index (Phi) is 5.69. The van der Waals surface area contributed by atoms with Gasteiger partial charge in [-0.3, -0.25) is 9.79 Å². The summed E-state index contributed by atoms with van der Waals surface area (Å²) in [5.74, 6) is -0.869. The molecule has 1 heterocycles. The number of alkyl halides is 3. The Morgan fingerprint density at radius 2 is 1.96 bits per heavy atom. The van der Waals surface area contributed by atoms with Gasteiger partial charge in [0.15, 0.2) is 0 Å². The molecule has 5 nitrogen and oxygen atoms in total. The first-order valence-corrected chi connectivity index (χ1v) is 8.79. The third kappa shape index (κ3) is 4.51. The van der Waals surface area contributed by atoms with Gasteiger partial charge in [0, 0.05) is 30.7 Å². The van der Waals surface area contributed by atoms with E-state index in [0.29, 0.717) is 18.8 Å². The van der Waals surface area contributed by atoms with Crippen molar-refractivity contribution in [1.29, 1.82) is 0 Å². The topological polar surface area (TPSA) is 56.7 Å². The number of carbonyl (C=O) groups is 1. The van der Waals surface area contributed by atoms with Gasteiger partial charge in [0.25, 0.3) is 0 Å². The predicted octanol–water partition coefficient (Wildman–Crippen LogP) is 4.12. The zero-order valence-corrected chi connectivity index (χ0v) is 15.5. The van der Waals surface area contributed by atoms with Gasteiger partial charge in [-0.1, -0.05) is 18.2 Å². The Morgan fingerprint density at radius 3 is 2.68 bits per heavy atom. The van der Waals surface area contributed by atoms with Gasteiger partial charge >= 0.3 is 6.18 Å². The fraction of sp³-hybridized carbons (Fsp3) is 0.300. The molecule has 0 fully saturated rings. The molecule has 148 valence electrons. The second-order valence-electron chi connectivity index (χ2n) is 6.79. The molecule has 1 amide bonds. The first kappa shape index (κ1) is 19.9. The SMILES string of the molecule is CN(C)CCNc1ccc(N=CC2C(=O)Nc3ccccc32)cc1C(F)(F)F. The van der Waals surface area contributed by atoms with Crippen LogP contribution in [0.1, 0.15) is 17.0 Å². The molecule has 1 atom stereocenters. The van der Waals surface area contributed by atoms with Crippen LogP contribution in [0.25, 0.3) is 0 Å². The maximum Gasteiger partial charge on any atom is 0.418 e. The fourth-order valence-electron chi connectivity index (χ4n) is 2.96. The molecule has 1 aliphatic heterocycles. The van der Waals surface area contributed by atoms with Crippen LogP contribution >= 0.6 is 0 Å². The number of likely N-dealkylation sites (N-methyl/N-ethyl adjacent to an activating group) is 1. The summed E-state index contributed by atoms with van der Waals surface area (Å²) in [5.41, 5.74) is 0.826. The van der Waals surface area contributed by atoms with E-state index < -0.39 is 17.7 Å². The first-order chi connectivity index (χ1) is 13.3. The summed E-state index contributed by atoms with van der Waals surface area (Å²) in [4.78, 5) is 18.1. The molecule has 0 saturated heterocycles. The number of carbonyl (C=O) groups excluding carboxylic acids is 1. The number of nitrogens with zero attached hydrogens (tertiary/aromatic N) is 2. The summed E-state index contributed by atoms with van der Waals surface area (Å²) >= 11 is 0. The Hall–Kier alpha value is -2.87. The summed E-state index contributed by atoms with van der Waals surface area (Å²) in [6, 6.07) is 11.0. The van der Waals surface area contributed by atoms with E-state index in [1.807, 2.05) is 19.0 Å². The number of fused-ring (bicyclic) bond motifs is 1. The molecule has 28 heavy (non-hydrogen) atoms. The second-order valence-corrected chi connectivity index (χ2v) is 6.79. The molecule has 2 N–H and O–H groups in total. The van der Waals surface area contributed by atoms with Crippen molar-refractivity contribution >= 4 is 29.2 Å². The molecule has 2 aromatic rings. The number of rotatable bonds is 6. The first-order valence-electron chi connectivity index (χ1n) is 8.79. The van der Waals surface area contributed by atoms with Gasteiger partial charge in [0.1, 0.15) is 5.92 Å². The highest BCUT2D eigenvalue weighted by Crippen LogP contribution is 2.37. The third-order valence-electron chi connectivity index (χ3n) is 4.39. The van der Waals surface area contributed by atoms with Gasteiger partial charge in [-0.05, 0) is 43.9 Å². The van der Waals surface area contributed by atoms with E-state index in [-0.39, 0.29) is 17.3 Å². The Balaban J connectivity index is 1.83. The van der Waals surface area contributed by atoms with E-state index in [9.17, 15) is 18.0 Å². The molecular weight excluding hydrogens is 369 g/mol. The maximum absolute atomic E-state index is 13.4. The molecule has 1 unspecified atom stereocenters. The van der Waals surface area contributed by atoms with Crippen molar-refractivity contribution in [1.82, 2.24) is 4.90 Å². The maximum atomic E-state index is 13.4. The van der Waals surface area contributed by atoms with Crippen LogP contribution in [0.5, 0.6) is 0 Å². The number of aliphatic imine (C=N–C) groups is 1. The van der Waals surface area contributed by atoms with Gasteiger partial charge in [-0.25, -0.2) is 0 Å². The third-order valence-corrected chi connectivity index (χ3v) is 4.39. The van der Waals surface area contributed by atoms with Crippen molar-refractivity contribution in [2.75, 3.05) is 37.8 Å². The molecule has 3 rings (SSSR count). The minimum absolute atomic E-state index is 0.0113. The number of nitrogens with one attached hydrogen (secondary N) is 2. The average molecular weight is 390 g/mol. The van der Waals surface area contributed by atoms with Gasteiger partial charge < -0.3 is 15.5 Å². The normalized spacial score (nSPS) is 16.5. The van der Waals surface area contributed by atoms with Gasteiger partial charge in [0.05, 0.1) is 11.3 Å². The Morgan fingerprint density at radius 1 is 1.21 bits per heavy atom. The molecule has 1 aliphatic rings. The van der Waals surface area contributed by atoms with Crippen LogP contribution in [0.3, 0.4) is 0 Å². The number of anilines is 2. The van der Waals surface area contributed by atoms with Crippen molar-refractivity contribution in [2.45, 2.75) is 12.1 Å². The van der Waals surface area contributed by atoms with Crippen molar-refractivity contribution in [3.05, 3.63) is 53.6 Å². The largest absolute Gasteiger partial charge is 0.418 e. The predicted molar refractivity (Wildman–Crippen MR) is 104 cm³/mol. The average Bonchev–Trinajstić information content (AvgIpc) is 2.94. The standard InChI is InChI=1S/C20H21F3N4O/c1-27(2)10-9-24-18-8-7-13(11-16(18)20(21,22)23)25-12-15-14-5-3-4-6-17(14)26-19(15)28/h3-8,11-12,15,24H,9-10H2,1-2H3,(H,26,28). The lowest BCUT2D eigenvalue weighted by atomic mass is 10.0. The van der Waals surface area contributed by atoms with E-state index in [1.54, 1.807) is 24.3 Å². The Bertz CT molecular complexity index is 893. The van der Waals surface area contributed by atoms with E-state index >= 15 is 0 Å². The molecule has 0 spiro atoms. The zero-order chi connectivity index (χ0) is 20.3. The Labute approximate surface area is 161 Å². The van der Waals surface area contributed by atoms with Crippen molar-refractivity contribution in [2.24, 2.45) is 4.99 Å². The lowest BCUT2D eigenvalue weighted by molar-refractivity contribution is -0.137. The van der Waals surface area contributed by atoms with Crippen LogP contribution in [0.15, 0.2) is 47.5 Å². The molecule has 0 saturated carbocycles. The van der Waals surface area contributed by atoms with Gasteiger partial charge in [-0.15, -0.1) is 0 Å². The number of amides is 1. The summed E-state index contributed by atoms with van der Waals surface area (Å²) in [7, 11) is 3.70. The number of benzene rings is 2. The number of hydrogen-bond donors (Lipinski definition) is 2. The van der Waals surface area contributed by atoms with Crippen molar-refractivity contribution in [3.63, 3.8) is 0 Å². The molecule has 0 aliphatic carbocycles. The number of halogens is 3. The lowest BCUT2D eigenvalue weighted by Gasteiger charge is -2.16. The van der Waals surface area contributed by atoms with E-state index in [4.69, 9.17) is 0 Å². The molecule has 0 bridgehead atoms. The summed E-state index contributed by atoms with van der Waals surface area (Å²) in [6.07, 6.45) is -3.13. The molecule has 2 aromatic carbocycles. The minimum atomic E-state index is -4.51. The van der Waals surface area contributed by atoms with E-state index in [0.717, 1.165) is 11.6 Å². The van der Waals surface area contributed by atoms with Crippen LogP contribution in [-0.4, -0.2) is 44.2 Å². The zero-order valence-electron chi connectivity index (χ0n) is 15.5. The number of hydrogen-bond acceptors (Lipinski definition) is 4. The van der Waals surface area contributed by atoms with Crippen LogP contribution in [0.4, 0.5) is 30.2 Å². The number of para-hydroxylation sites is 1. The van der Waals surface area contributed by atoms with Crippen LogP contribution in [-0.2, 0) is 11.0 Å². The highest BCUT2D eigenvalue weighted by Gasteiger charge is 2.34. The van der Waals surface area contributed by atoms with Crippen LogP contribution in [0.2, 0.25) is 0 Å². The molecular formula is C20H21F3N4O. The fourth-order valence-corrected chi connectivity index (χ4v) is 2.96. The molecule has 0 radical (unpaired) electrons. The smallest absolute Gasteiger partial charge is 0.383 e. The van der Waals surface area contributed by atoms with Crippen molar-refractivity contribution < 1.29 is 18.0 Å². The van der Waals surface area contributed by atoms with Crippen molar-refractivity contribution in [3.8, 4) is 0 Å². The van der Waals surface area contributed by atoms with E-state index in [2.05, 4.69) is 15.6 Å². The highest BCUT2D eigenvalue weighted by molar-refractivity contribution is 6.12. The highest BCUT2D eigenvalue weighted by atomic mass is 19.4. The molecule has 8 heteroatoms. The van der Waals surface area contributed by atoms with Crippen LogP contribution < -0.4 is 10.6 Å². The van der Waals surface area contributed by atoms with Gasteiger partial charge in [0.2, 0.25) is 5.91 Å². The minimum Gasteiger partial charge on any atom is -0.383 e. The van der Waals surface area contributed by atoms with E-state index in [1.165, 1.54) is 18.3 Å².